The highest BCUT2D eigenvalue weighted by atomic mass is 35.5. The molecule has 174 valence electrons. The fourth-order valence-corrected chi connectivity index (χ4v) is 6.72. The third-order valence-corrected chi connectivity index (χ3v) is 9.13. The van der Waals surface area contributed by atoms with Crippen LogP contribution in [0.3, 0.4) is 0 Å². The minimum atomic E-state index is -3.61. The Kier molecular flexibility index (Phi) is 7.19. The van der Waals surface area contributed by atoms with Gasteiger partial charge in [-0.15, -0.1) is 6.58 Å². The summed E-state index contributed by atoms with van der Waals surface area (Å²) in [7, 11) is -3.61. The second-order valence-electron chi connectivity index (χ2n) is 8.02. The Morgan fingerprint density at radius 1 is 1.21 bits per heavy atom. The third-order valence-electron chi connectivity index (χ3n) is 5.93. The number of nitrogens with zero attached hydrogens (tertiary/aromatic N) is 3. The summed E-state index contributed by atoms with van der Waals surface area (Å²) in [4.78, 5) is 18.3. The normalized spacial score (nSPS) is 16.4. The van der Waals surface area contributed by atoms with E-state index in [1.165, 1.54) is 33.3 Å². The van der Waals surface area contributed by atoms with E-state index in [0.717, 1.165) is 16.6 Å². The topological polar surface area (TPSA) is 71.7 Å². The molecule has 1 aromatic heterocycles. The molecule has 9 heteroatoms. The first-order valence-corrected chi connectivity index (χ1v) is 13.5. The predicted molar refractivity (Wildman–Crippen MR) is 133 cm³/mol. The summed E-state index contributed by atoms with van der Waals surface area (Å²) in [5.41, 5.74) is 2.27. The van der Waals surface area contributed by atoms with Gasteiger partial charge in [-0.1, -0.05) is 42.0 Å². The van der Waals surface area contributed by atoms with Gasteiger partial charge in [0.15, 0.2) is 4.80 Å². The maximum atomic E-state index is 13.0. The van der Waals surface area contributed by atoms with Crippen LogP contribution in [0.1, 0.15) is 25.3 Å². The Bertz CT molecular complexity index is 1350. The molecule has 0 N–H and O–H groups in total. The zero-order chi connectivity index (χ0) is 23.6. The van der Waals surface area contributed by atoms with Crippen LogP contribution in [0, 0.1) is 5.92 Å². The molecular formula is C24H26ClN3O3S2. The van der Waals surface area contributed by atoms with Gasteiger partial charge in [0.2, 0.25) is 10.0 Å². The Hall–Kier alpha value is -2.26. The van der Waals surface area contributed by atoms with Gasteiger partial charge >= 0.3 is 0 Å². The largest absolute Gasteiger partial charge is 0.313 e. The molecule has 0 saturated carbocycles. The van der Waals surface area contributed by atoms with Gasteiger partial charge in [-0.05, 0) is 61.2 Å². The number of carbonyl (C=O) groups is 1. The summed E-state index contributed by atoms with van der Waals surface area (Å²) in [6.45, 7) is 7.09. The number of piperidine rings is 1. The SMILES string of the molecule is C=CCn1c(=NC(=O)C2CCN(S(=O)(=O)c3ccc(Cl)cc3)CC2)sc2cc(CC)ccc21. The van der Waals surface area contributed by atoms with E-state index in [1.807, 2.05) is 4.57 Å². The molecule has 33 heavy (non-hydrogen) atoms. The number of carbonyl (C=O) groups excluding carboxylic acids is 1. The lowest BCUT2D eigenvalue weighted by Gasteiger charge is -2.29. The number of aryl methyl sites for hydroxylation is 1. The van der Waals surface area contributed by atoms with Crippen molar-refractivity contribution < 1.29 is 13.2 Å². The molecule has 3 aromatic rings. The van der Waals surface area contributed by atoms with Crippen LogP contribution in [0.2, 0.25) is 5.02 Å². The molecule has 0 aliphatic carbocycles. The van der Waals surface area contributed by atoms with Gasteiger partial charge in [-0.3, -0.25) is 4.79 Å². The number of amides is 1. The summed E-state index contributed by atoms with van der Waals surface area (Å²) < 4.78 is 30.3. The van der Waals surface area contributed by atoms with Gasteiger partial charge in [0.25, 0.3) is 5.91 Å². The molecule has 1 fully saturated rings. The van der Waals surface area contributed by atoms with Crippen molar-refractivity contribution in [3.63, 3.8) is 0 Å². The van der Waals surface area contributed by atoms with E-state index >= 15 is 0 Å². The first-order chi connectivity index (χ1) is 15.8. The van der Waals surface area contributed by atoms with Crippen LogP contribution >= 0.6 is 22.9 Å². The minimum Gasteiger partial charge on any atom is -0.313 e. The van der Waals surface area contributed by atoms with Gasteiger partial charge in [-0.2, -0.15) is 9.30 Å². The fraction of sp³-hybridized carbons (Fsp3) is 0.333. The van der Waals surface area contributed by atoms with Crippen molar-refractivity contribution in [3.05, 3.63) is 70.5 Å². The maximum absolute atomic E-state index is 13.0. The van der Waals surface area contributed by atoms with Crippen molar-refractivity contribution in [2.45, 2.75) is 37.6 Å². The smallest absolute Gasteiger partial charge is 0.251 e. The lowest BCUT2D eigenvalue weighted by Crippen LogP contribution is -2.40. The van der Waals surface area contributed by atoms with E-state index in [-0.39, 0.29) is 29.8 Å². The molecule has 1 amide bonds. The van der Waals surface area contributed by atoms with E-state index < -0.39 is 10.0 Å². The van der Waals surface area contributed by atoms with Crippen molar-refractivity contribution in [2.75, 3.05) is 13.1 Å². The second-order valence-corrected chi connectivity index (χ2v) is 11.4. The van der Waals surface area contributed by atoms with E-state index in [0.29, 0.717) is 29.2 Å². The molecule has 1 aliphatic heterocycles. The lowest BCUT2D eigenvalue weighted by atomic mass is 9.98. The first-order valence-electron chi connectivity index (χ1n) is 10.9. The number of allylic oxidation sites excluding steroid dienone is 1. The quantitative estimate of drug-likeness (QED) is 0.460. The van der Waals surface area contributed by atoms with Crippen molar-refractivity contribution in [1.82, 2.24) is 8.87 Å². The zero-order valence-corrected chi connectivity index (χ0v) is 20.8. The standard InChI is InChI=1S/C24H26ClN3O3S2/c1-3-13-28-21-10-5-17(4-2)16-22(21)32-24(28)26-23(29)18-11-14-27(15-12-18)33(30,31)20-8-6-19(25)7-9-20/h3,5-10,16,18H,1,4,11-15H2,2H3. The molecule has 0 bridgehead atoms. The molecule has 0 unspecified atom stereocenters. The fourth-order valence-electron chi connectivity index (χ4n) is 4.01. The average molecular weight is 504 g/mol. The number of fused-ring (bicyclic) bond motifs is 1. The summed E-state index contributed by atoms with van der Waals surface area (Å²) >= 11 is 7.38. The van der Waals surface area contributed by atoms with Crippen LogP contribution in [0.15, 0.2) is 65.0 Å². The highest BCUT2D eigenvalue weighted by Gasteiger charge is 2.32. The van der Waals surface area contributed by atoms with Gasteiger partial charge in [0.1, 0.15) is 0 Å². The number of hydrogen-bond donors (Lipinski definition) is 0. The molecule has 2 aromatic carbocycles. The Morgan fingerprint density at radius 2 is 1.91 bits per heavy atom. The second kappa shape index (κ2) is 9.93. The summed E-state index contributed by atoms with van der Waals surface area (Å²) in [5.74, 6) is -0.492. The van der Waals surface area contributed by atoms with Crippen LogP contribution in [0.5, 0.6) is 0 Å². The van der Waals surface area contributed by atoms with Crippen molar-refractivity contribution in [1.29, 1.82) is 0 Å². The van der Waals surface area contributed by atoms with Crippen molar-refractivity contribution in [3.8, 4) is 0 Å². The molecule has 4 rings (SSSR count). The van der Waals surface area contributed by atoms with Gasteiger partial charge < -0.3 is 4.57 Å². The number of halogens is 1. The minimum absolute atomic E-state index is 0.196. The molecule has 0 atom stereocenters. The number of thiazole rings is 1. The number of hydrogen-bond acceptors (Lipinski definition) is 4. The van der Waals surface area contributed by atoms with Crippen LogP contribution in [0.4, 0.5) is 0 Å². The molecule has 0 spiro atoms. The number of rotatable bonds is 6. The molecule has 6 nitrogen and oxygen atoms in total. The molecular weight excluding hydrogens is 478 g/mol. The number of aromatic nitrogens is 1. The van der Waals surface area contributed by atoms with E-state index in [1.54, 1.807) is 18.2 Å². The lowest BCUT2D eigenvalue weighted by molar-refractivity contribution is -0.122. The highest BCUT2D eigenvalue weighted by molar-refractivity contribution is 7.89. The monoisotopic (exact) mass is 503 g/mol. The van der Waals surface area contributed by atoms with Crippen LogP contribution < -0.4 is 4.80 Å². The molecule has 1 aliphatic rings. The third kappa shape index (κ3) is 4.99. The average Bonchev–Trinajstić information content (AvgIpc) is 3.15. The predicted octanol–water partition coefficient (Wildman–Crippen LogP) is 4.63. The van der Waals surface area contributed by atoms with Crippen LogP contribution in [-0.2, 0) is 27.8 Å². The Labute approximate surface area is 202 Å². The number of sulfonamides is 1. The van der Waals surface area contributed by atoms with E-state index in [2.05, 4.69) is 36.7 Å². The summed E-state index contributed by atoms with van der Waals surface area (Å²) in [6.07, 6.45) is 3.63. The van der Waals surface area contributed by atoms with Crippen molar-refractivity contribution in [2.24, 2.45) is 10.9 Å². The molecule has 2 heterocycles. The van der Waals surface area contributed by atoms with Gasteiger partial charge in [-0.25, -0.2) is 8.42 Å². The summed E-state index contributed by atoms with van der Waals surface area (Å²) in [6, 6.07) is 12.5. The van der Waals surface area contributed by atoms with E-state index in [9.17, 15) is 13.2 Å². The Balaban J connectivity index is 1.53. The van der Waals surface area contributed by atoms with E-state index in [4.69, 9.17) is 11.6 Å². The zero-order valence-electron chi connectivity index (χ0n) is 18.4. The van der Waals surface area contributed by atoms with Gasteiger partial charge in [0, 0.05) is 30.6 Å². The highest BCUT2D eigenvalue weighted by Crippen LogP contribution is 2.26. The number of benzene rings is 2. The summed E-state index contributed by atoms with van der Waals surface area (Å²) in [5, 5.41) is 0.487. The Morgan fingerprint density at radius 3 is 2.55 bits per heavy atom. The van der Waals surface area contributed by atoms with Gasteiger partial charge in [0.05, 0.1) is 15.1 Å². The maximum Gasteiger partial charge on any atom is 0.251 e. The van der Waals surface area contributed by atoms with Crippen LogP contribution in [-0.4, -0.2) is 36.3 Å². The molecule has 1 saturated heterocycles. The first kappa shape index (κ1) is 23.9. The van der Waals surface area contributed by atoms with Crippen LogP contribution in [0.25, 0.3) is 10.2 Å². The van der Waals surface area contributed by atoms with Crippen molar-refractivity contribution >= 4 is 49.1 Å². The molecule has 0 radical (unpaired) electrons.